The van der Waals surface area contributed by atoms with E-state index in [9.17, 15) is 22.4 Å². The lowest BCUT2D eigenvalue weighted by atomic mass is 9.75. The van der Waals surface area contributed by atoms with Crippen molar-refractivity contribution >= 4 is 40.3 Å². The summed E-state index contributed by atoms with van der Waals surface area (Å²) in [6.07, 6.45) is -2.32. The van der Waals surface area contributed by atoms with Crippen molar-refractivity contribution in [3.05, 3.63) is 59.7 Å². The Morgan fingerprint density at radius 2 is 2.00 bits per heavy atom. The van der Waals surface area contributed by atoms with Crippen LogP contribution in [0.4, 0.5) is 28.9 Å². The van der Waals surface area contributed by atoms with E-state index < -0.39 is 34.7 Å². The van der Waals surface area contributed by atoms with Gasteiger partial charge in [-0.05, 0) is 55.7 Å². The average molecular weight is 475 g/mol. The van der Waals surface area contributed by atoms with Crippen molar-refractivity contribution in [2.24, 2.45) is 0 Å². The number of carbonyl (C=O) groups is 1. The summed E-state index contributed by atoms with van der Waals surface area (Å²) in [5.74, 6) is -1.10. The van der Waals surface area contributed by atoms with Gasteiger partial charge in [-0.2, -0.15) is 18.4 Å². The van der Waals surface area contributed by atoms with Crippen LogP contribution in [0.15, 0.2) is 37.0 Å². The van der Waals surface area contributed by atoms with Gasteiger partial charge in [0.15, 0.2) is 10.8 Å². The van der Waals surface area contributed by atoms with E-state index in [1.54, 1.807) is 13.1 Å². The highest BCUT2D eigenvalue weighted by Crippen LogP contribution is 2.48. The van der Waals surface area contributed by atoms with Gasteiger partial charge >= 0.3 is 6.18 Å². The maximum Gasteiger partial charge on any atom is 0.419 e. The summed E-state index contributed by atoms with van der Waals surface area (Å²) in [6.45, 7) is 3.73. The fourth-order valence-corrected chi connectivity index (χ4v) is 4.58. The topological polar surface area (TPSA) is 72.3 Å². The second-order valence-electron chi connectivity index (χ2n) is 7.74. The molecule has 0 bridgehead atoms. The number of nitrogens with zero attached hydrogens (tertiary/aromatic N) is 4. The van der Waals surface area contributed by atoms with E-state index >= 15 is 0 Å². The summed E-state index contributed by atoms with van der Waals surface area (Å²) < 4.78 is 55.1. The van der Waals surface area contributed by atoms with Crippen molar-refractivity contribution in [3.63, 3.8) is 0 Å². The first-order valence-electron chi connectivity index (χ1n) is 9.88. The molecular formula is C22H17F4N5OS. The summed E-state index contributed by atoms with van der Waals surface area (Å²) in [5, 5.41) is 11.7. The summed E-state index contributed by atoms with van der Waals surface area (Å²) in [7, 11) is 1.60. The monoisotopic (exact) mass is 475 g/mol. The Morgan fingerprint density at radius 3 is 2.52 bits per heavy atom. The van der Waals surface area contributed by atoms with E-state index in [1.165, 1.54) is 23.1 Å². The second-order valence-corrected chi connectivity index (χ2v) is 8.10. The van der Waals surface area contributed by atoms with Gasteiger partial charge < -0.3 is 10.2 Å². The molecule has 1 saturated heterocycles. The Labute approximate surface area is 192 Å². The molecule has 170 valence electrons. The lowest BCUT2D eigenvalue weighted by Gasteiger charge is -2.43. The second kappa shape index (κ2) is 7.81. The Kier molecular flexibility index (Phi) is 5.36. The molecule has 6 nitrogen and oxygen atoms in total. The van der Waals surface area contributed by atoms with Crippen LogP contribution in [-0.2, 0) is 11.0 Å². The van der Waals surface area contributed by atoms with Gasteiger partial charge in [-0.3, -0.25) is 9.69 Å². The van der Waals surface area contributed by atoms with Gasteiger partial charge in [0.25, 0.3) is 5.91 Å². The quantitative estimate of drug-likeness (QED) is 0.523. The Hall–Kier alpha value is -3.52. The van der Waals surface area contributed by atoms with Gasteiger partial charge in [0.1, 0.15) is 17.4 Å². The van der Waals surface area contributed by atoms with Crippen LogP contribution in [0.3, 0.4) is 0 Å². The van der Waals surface area contributed by atoms with E-state index in [0.717, 1.165) is 11.1 Å². The van der Waals surface area contributed by atoms with E-state index in [-0.39, 0.29) is 16.4 Å². The molecule has 4 rings (SSSR count). The van der Waals surface area contributed by atoms with Crippen LogP contribution in [0.2, 0.25) is 0 Å². The molecule has 1 aromatic carbocycles. The summed E-state index contributed by atoms with van der Waals surface area (Å²) in [5.41, 5.74) is -2.48. The van der Waals surface area contributed by atoms with Crippen LogP contribution < -0.4 is 15.1 Å². The number of nitriles is 1. The molecule has 1 aromatic heterocycles. The minimum absolute atomic E-state index is 0.0843. The summed E-state index contributed by atoms with van der Waals surface area (Å²) in [6, 6.07) is 6.40. The van der Waals surface area contributed by atoms with Crippen LogP contribution in [0.25, 0.3) is 5.70 Å². The van der Waals surface area contributed by atoms with Crippen molar-refractivity contribution in [1.82, 2.24) is 10.3 Å². The lowest BCUT2D eigenvalue weighted by molar-refractivity contribution is -0.138. The third-order valence-corrected chi connectivity index (χ3v) is 6.34. The molecule has 2 aromatic rings. The highest BCUT2D eigenvalue weighted by Gasteiger charge is 2.59. The van der Waals surface area contributed by atoms with Crippen molar-refractivity contribution < 1.29 is 22.4 Å². The first-order chi connectivity index (χ1) is 15.5. The first kappa shape index (κ1) is 22.7. The Bertz CT molecular complexity index is 1230. The third-order valence-electron chi connectivity index (χ3n) is 5.97. The van der Waals surface area contributed by atoms with Crippen LogP contribution >= 0.6 is 12.2 Å². The molecule has 1 saturated carbocycles. The van der Waals surface area contributed by atoms with Gasteiger partial charge in [0.2, 0.25) is 0 Å². The summed E-state index contributed by atoms with van der Waals surface area (Å²) in [4.78, 5) is 19.5. The SMILES string of the molecule is C=C(NC)c1ccc(N2C(=S)N(c3cnc(C#N)c(C(F)(F)F)c3)C(=O)C23CCC3)cc1F. The number of rotatable bonds is 4. The number of thiocarbonyl (C=S) groups is 1. The molecule has 0 radical (unpaired) electrons. The largest absolute Gasteiger partial charge is 0.419 e. The van der Waals surface area contributed by atoms with Gasteiger partial charge in [0.05, 0.1) is 17.4 Å². The maximum absolute atomic E-state index is 14.8. The zero-order chi connectivity index (χ0) is 24.1. The number of hydrogen-bond donors (Lipinski definition) is 1. The van der Waals surface area contributed by atoms with Crippen LogP contribution in [0, 0.1) is 17.1 Å². The highest BCUT2D eigenvalue weighted by atomic mass is 32.1. The standard InChI is InChI=1S/C22H17F4N5OS/c1-12(28-2)15-5-4-13(9-17(15)23)31-20(33)30(19(32)21(31)6-3-7-21)14-8-16(22(24,25)26)18(10-27)29-11-14/h4-5,8-9,11,28H,1,3,6-7H2,2H3. The Morgan fingerprint density at radius 1 is 1.30 bits per heavy atom. The lowest BCUT2D eigenvalue weighted by Crippen LogP contribution is -2.55. The number of anilines is 2. The van der Waals surface area contributed by atoms with Crippen molar-refractivity contribution in [3.8, 4) is 6.07 Å². The number of aromatic nitrogens is 1. The smallest absolute Gasteiger partial charge is 0.388 e. The van der Waals surface area contributed by atoms with Gasteiger partial charge in [-0.25, -0.2) is 9.37 Å². The minimum atomic E-state index is -4.85. The van der Waals surface area contributed by atoms with Crippen molar-refractivity contribution in [2.75, 3.05) is 16.8 Å². The minimum Gasteiger partial charge on any atom is -0.388 e. The van der Waals surface area contributed by atoms with E-state index in [1.807, 2.05) is 0 Å². The predicted molar refractivity (Wildman–Crippen MR) is 118 cm³/mol. The number of carbonyl (C=O) groups excluding carboxylic acids is 1. The molecule has 2 fully saturated rings. The molecule has 1 aliphatic heterocycles. The number of hydrogen-bond acceptors (Lipinski definition) is 5. The van der Waals surface area contributed by atoms with Crippen molar-refractivity contribution in [1.29, 1.82) is 5.26 Å². The molecule has 2 heterocycles. The first-order valence-corrected chi connectivity index (χ1v) is 10.3. The van der Waals surface area contributed by atoms with Gasteiger partial charge in [-0.15, -0.1) is 0 Å². The van der Waals surface area contributed by atoms with Crippen LogP contribution in [0.1, 0.15) is 36.1 Å². The number of alkyl halides is 3. The van der Waals surface area contributed by atoms with E-state index in [0.29, 0.717) is 36.7 Å². The number of halogens is 4. The number of benzene rings is 1. The molecule has 1 N–H and O–H groups in total. The molecule has 0 atom stereocenters. The molecule has 2 aliphatic rings. The van der Waals surface area contributed by atoms with Crippen molar-refractivity contribution in [2.45, 2.75) is 31.0 Å². The predicted octanol–water partition coefficient (Wildman–Crippen LogP) is 4.36. The highest BCUT2D eigenvalue weighted by molar-refractivity contribution is 7.81. The van der Waals surface area contributed by atoms with Crippen LogP contribution in [0.5, 0.6) is 0 Å². The number of nitrogens with one attached hydrogen (secondary N) is 1. The van der Waals surface area contributed by atoms with E-state index in [4.69, 9.17) is 17.5 Å². The van der Waals surface area contributed by atoms with Crippen LogP contribution in [-0.4, -0.2) is 28.6 Å². The maximum atomic E-state index is 14.8. The zero-order valence-corrected chi connectivity index (χ0v) is 18.1. The average Bonchev–Trinajstić information content (AvgIpc) is 2.98. The normalized spacial score (nSPS) is 17.2. The molecule has 1 amide bonds. The van der Waals surface area contributed by atoms with Gasteiger partial charge in [0, 0.05) is 24.0 Å². The van der Waals surface area contributed by atoms with E-state index in [2.05, 4.69) is 16.9 Å². The fourth-order valence-electron chi connectivity index (χ4n) is 4.11. The summed E-state index contributed by atoms with van der Waals surface area (Å²) >= 11 is 5.51. The Balaban J connectivity index is 1.80. The number of amides is 1. The molecule has 33 heavy (non-hydrogen) atoms. The fraction of sp³-hybridized carbons (Fsp3) is 0.273. The molecule has 1 aliphatic carbocycles. The van der Waals surface area contributed by atoms with Gasteiger partial charge in [-0.1, -0.05) is 6.58 Å². The third kappa shape index (κ3) is 3.41. The zero-order valence-electron chi connectivity index (χ0n) is 17.3. The number of pyridine rings is 1. The molecule has 11 heteroatoms. The molecule has 0 unspecified atom stereocenters. The molecular weight excluding hydrogens is 458 g/mol. The molecule has 1 spiro atoms.